The SMILES string of the molecule is CCC/C=C\CCCCCCCC(=O)OC(CO)COP(=O)(O)OCC(CO)OC(=O)CCCCCCC/C=C\CCCCCCCC. The summed E-state index contributed by atoms with van der Waals surface area (Å²) in [6.45, 7) is 2.10. The Balaban J connectivity index is 4.00. The molecule has 0 bridgehead atoms. The molecule has 0 saturated heterocycles. The number of hydrogen-bond acceptors (Lipinski definition) is 9. The molecule has 0 aromatic carbocycles. The Hall–Kier alpha value is -1.55. The van der Waals surface area contributed by atoms with Crippen molar-refractivity contribution in [2.45, 2.75) is 174 Å². The molecule has 0 fully saturated rings. The van der Waals surface area contributed by atoms with Crippen molar-refractivity contribution in [3.05, 3.63) is 24.3 Å². The van der Waals surface area contributed by atoms with E-state index in [0.717, 1.165) is 83.5 Å². The Bertz CT molecular complexity index is 863. The van der Waals surface area contributed by atoms with Gasteiger partial charge in [-0.25, -0.2) is 4.57 Å². The van der Waals surface area contributed by atoms with Gasteiger partial charge in [0.25, 0.3) is 0 Å². The number of hydrogen-bond donors (Lipinski definition) is 3. The zero-order valence-electron chi connectivity index (χ0n) is 30.2. The van der Waals surface area contributed by atoms with Gasteiger partial charge >= 0.3 is 19.8 Å². The van der Waals surface area contributed by atoms with Gasteiger partial charge < -0.3 is 24.6 Å². The highest BCUT2D eigenvalue weighted by Crippen LogP contribution is 2.43. The number of ether oxygens (including phenoxy) is 2. The Morgan fingerprint density at radius 3 is 1.27 bits per heavy atom. The van der Waals surface area contributed by atoms with Crippen molar-refractivity contribution in [2.24, 2.45) is 0 Å². The molecule has 0 heterocycles. The lowest BCUT2D eigenvalue weighted by atomic mass is 10.1. The summed E-state index contributed by atoms with van der Waals surface area (Å²) in [5, 5.41) is 19.0. The molecule has 3 N–H and O–H groups in total. The summed E-state index contributed by atoms with van der Waals surface area (Å²) >= 11 is 0. The third-order valence-corrected chi connectivity index (χ3v) is 8.82. The molecule has 0 amide bonds. The van der Waals surface area contributed by atoms with Crippen LogP contribution in [0, 0.1) is 0 Å². The van der Waals surface area contributed by atoms with Crippen molar-refractivity contribution >= 4 is 19.8 Å². The summed E-state index contributed by atoms with van der Waals surface area (Å²) < 4.78 is 32.4. The number of unbranched alkanes of at least 4 members (excludes halogenated alkanes) is 17. The molecule has 0 saturated carbocycles. The fraction of sp³-hybridized carbons (Fsp3) is 0.838. The predicted molar refractivity (Wildman–Crippen MR) is 191 cm³/mol. The topological polar surface area (TPSA) is 149 Å². The minimum absolute atomic E-state index is 0.181. The number of carbonyl (C=O) groups excluding carboxylic acids is 2. The maximum Gasteiger partial charge on any atom is 0.472 e. The monoisotopic (exact) mass is 704 g/mol. The van der Waals surface area contributed by atoms with Crippen molar-refractivity contribution in [2.75, 3.05) is 26.4 Å². The van der Waals surface area contributed by atoms with Crippen molar-refractivity contribution in [3.8, 4) is 0 Å². The molecule has 0 aliphatic carbocycles. The molecule has 10 nitrogen and oxygen atoms in total. The third-order valence-electron chi connectivity index (χ3n) is 7.87. The molecule has 11 heteroatoms. The van der Waals surface area contributed by atoms with Crippen LogP contribution in [0.3, 0.4) is 0 Å². The minimum Gasteiger partial charge on any atom is -0.457 e. The average Bonchev–Trinajstić information content (AvgIpc) is 3.07. The van der Waals surface area contributed by atoms with Crippen LogP contribution in [0.15, 0.2) is 24.3 Å². The van der Waals surface area contributed by atoms with Crippen LogP contribution in [0.5, 0.6) is 0 Å². The number of esters is 2. The van der Waals surface area contributed by atoms with Crippen LogP contribution >= 0.6 is 7.82 Å². The molecule has 0 aromatic heterocycles. The highest BCUT2D eigenvalue weighted by Gasteiger charge is 2.27. The largest absolute Gasteiger partial charge is 0.472 e. The smallest absolute Gasteiger partial charge is 0.457 e. The molecule has 0 aliphatic heterocycles. The lowest BCUT2D eigenvalue weighted by molar-refractivity contribution is -0.153. The normalized spacial score (nSPS) is 14.4. The van der Waals surface area contributed by atoms with Crippen LogP contribution in [0.25, 0.3) is 0 Å². The molecule has 0 rings (SSSR count). The summed E-state index contributed by atoms with van der Waals surface area (Å²) in [5.74, 6) is -1.04. The Labute approximate surface area is 291 Å². The Morgan fingerprint density at radius 1 is 0.542 bits per heavy atom. The van der Waals surface area contributed by atoms with E-state index in [2.05, 4.69) is 38.2 Å². The molecule has 3 unspecified atom stereocenters. The van der Waals surface area contributed by atoms with E-state index in [-0.39, 0.29) is 12.8 Å². The number of allylic oxidation sites excluding steroid dienone is 4. The van der Waals surface area contributed by atoms with Gasteiger partial charge in [-0.2, -0.15) is 0 Å². The third kappa shape index (κ3) is 31.7. The van der Waals surface area contributed by atoms with Crippen LogP contribution in [-0.2, 0) is 32.7 Å². The molecular formula is C37H69O10P. The van der Waals surface area contributed by atoms with Crippen LogP contribution in [0.2, 0.25) is 0 Å². The lowest BCUT2D eigenvalue weighted by Crippen LogP contribution is -2.28. The molecular weight excluding hydrogens is 635 g/mol. The van der Waals surface area contributed by atoms with Gasteiger partial charge in [-0.05, 0) is 57.8 Å². The number of phosphoric ester groups is 1. The summed E-state index contributed by atoms with van der Waals surface area (Å²) in [4.78, 5) is 34.3. The maximum absolute atomic E-state index is 12.3. The molecule has 0 aromatic rings. The summed E-state index contributed by atoms with van der Waals surface area (Å²) in [5.41, 5.74) is 0. The first kappa shape index (κ1) is 46.5. The van der Waals surface area contributed by atoms with E-state index in [9.17, 15) is 29.3 Å². The average molecular weight is 705 g/mol. The summed E-state index contributed by atoms with van der Waals surface area (Å²) in [6.07, 6.45) is 30.2. The van der Waals surface area contributed by atoms with E-state index in [1.807, 2.05) is 0 Å². The molecule has 282 valence electrons. The molecule has 48 heavy (non-hydrogen) atoms. The second kappa shape index (κ2) is 33.9. The van der Waals surface area contributed by atoms with Gasteiger partial charge in [-0.3, -0.25) is 18.6 Å². The van der Waals surface area contributed by atoms with Crippen molar-refractivity contribution in [1.29, 1.82) is 0 Å². The molecule has 0 radical (unpaired) electrons. The van der Waals surface area contributed by atoms with E-state index in [4.69, 9.17) is 18.5 Å². The van der Waals surface area contributed by atoms with Crippen LogP contribution < -0.4 is 0 Å². The minimum atomic E-state index is -4.63. The Kier molecular flexibility index (Phi) is 32.8. The summed E-state index contributed by atoms with van der Waals surface area (Å²) in [6, 6.07) is 0. The van der Waals surface area contributed by atoms with Gasteiger partial charge in [0.2, 0.25) is 0 Å². The number of carbonyl (C=O) groups is 2. The van der Waals surface area contributed by atoms with Gasteiger partial charge in [-0.15, -0.1) is 0 Å². The fourth-order valence-corrected chi connectivity index (χ4v) is 5.72. The van der Waals surface area contributed by atoms with E-state index in [0.29, 0.717) is 12.8 Å². The number of aliphatic hydroxyl groups excluding tert-OH is 2. The van der Waals surface area contributed by atoms with Crippen LogP contribution in [0.4, 0.5) is 0 Å². The first-order chi connectivity index (χ1) is 23.3. The van der Waals surface area contributed by atoms with Gasteiger partial charge in [0, 0.05) is 12.8 Å². The number of rotatable bonds is 35. The zero-order chi connectivity index (χ0) is 35.6. The van der Waals surface area contributed by atoms with Crippen LogP contribution in [-0.4, -0.2) is 65.7 Å². The Morgan fingerprint density at radius 2 is 0.896 bits per heavy atom. The zero-order valence-corrected chi connectivity index (χ0v) is 31.1. The van der Waals surface area contributed by atoms with Crippen molar-refractivity contribution < 1.29 is 47.8 Å². The molecule has 0 aliphatic rings. The van der Waals surface area contributed by atoms with Crippen LogP contribution in [0.1, 0.15) is 162 Å². The van der Waals surface area contributed by atoms with Gasteiger partial charge in [0.05, 0.1) is 26.4 Å². The first-order valence-corrected chi connectivity index (χ1v) is 20.3. The molecule has 0 spiro atoms. The predicted octanol–water partition coefficient (Wildman–Crippen LogP) is 9.05. The van der Waals surface area contributed by atoms with Gasteiger partial charge in [0.15, 0.2) is 0 Å². The molecule has 3 atom stereocenters. The van der Waals surface area contributed by atoms with E-state index >= 15 is 0 Å². The van der Waals surface area contributed by atoms with Gasteiger partial charge in [-0.1, -0.05) is 115 Å². The summed E-state index contributed by atoms with van der Waals surface area (Å²) in [7, 11) is -4.63. The number of aliphatic hydroxyl groups is 2. The van der Waals surface area contributed by atoms with E-state index in [1.165, 1.54) is 38.5 Å². The van der Waals surface area contributed by atoms with Gasteiger partial charge in [0.1, 0.15) is 12.2 Å². The lowest BCUT2D eigenvalue weighted by Gasteiger charge is -2.20. The van der Waals surface area contributed by atoms with Crippen molar-refractivity contribution in [1.82, 2.24) is 0 Å². The second-order valence-corrected chi connectivity index (χ2v) is 14.0. The first-order valence-electron chi connectivity index (χ1n) is 18.8. The highest BCUT2D eigenvalue weighted by molar-refractivity contribution is 7.47. The van der Waals surface area contributed by atoms with E-state index < -0.39 is 58.4 Å². The highest BCUT2D eigenvalue weighted by atomic mass is 31.2. The standard InChI is InChI=1S/C37H69O10P/c1-3-5-7-9-11-13-15-16-17-18-19-21-23-25-27-29-37(41)47-35(31-39)33-45-48(42,43)44-32-34(30-38)46-36(40)28-26-24-22-20-14-12-10-8-6-4-2/h8,10,16-17,34-35,38-39H,3-7,9,11-15,18-33H2,1-2H3,(H,42,43)/b10-8-,17-16-. The maximum atomic E-state index is 12.3. The second-order valence-electron chi connectivity index (χ2n) is 12.5. The quantitative estimate of drug-likeness (QED) is 0.0252. The fourth-order valence-electron chi connectivity index (χ4n) is 4.93. The van der Waals surface area contributed by atoms with Crippen molar-refractivity contribution in [3.63, 3.8) is 0 Å². The number of phosphoric acid groups is 1. The van der Waals surface area contributed by atoms with E-state index in [1.54, 1.807) is 0 Å².